The molecule has 0 spiro atoms. The Balaban J connectivity index is 1.38. The van der Waals surface area contributed by atoms with E-state index in [0.29, 0.717) is 24.9 Å². The van der Waals surface area contributed by atoms with Crippen LogP contribution >= 0.6 is 0 Å². The van der Waals surface area contributed by atoms with Crippen LogP contribution in [0.5, 0.6) is 0 Å². The van der Waals surface area contributed by atoms with E-state index in [1.807, 2.05) is 0 Å². The topological polar surface area (TPSA) is 349 Å². The molecule has 0 aromatic heterocycles. The minimum atomic E-state index is -1.76. The van der Waals surface area contributed by atoms with Gasteiger partial charge >= 0.3 is 12.0 Å². The molecule has 10 amide bonds. The van der Waals surface area contributed by atoms with E-state index in [0.717, 1.165) is 16.9 Å². The summed E-state index contributed by atoms with van der Waals surface area (Å²) in [7, 11) is 0. The molecule has 4 rings (SSSR count). The van der Waals surface area contributed by atoms with Crippen LogP contribution in [0.3, 0.4) is 0 Å². The molecule has 370 valence electrons. The number of nitrogens with zero attached hydrogens (tertiary/aromatic N) is 1. The van der Waals surface area contributed by atoms with E-state index in [1.165, 1.54) is 13.8 Å². The van der Waals surface area contributed by atoms with Gasteiger partial charge in [0.25, 0.3) is 5.91 Å². The Bertz CT molecular complexity index is 2120. The van der Waals surface area contributed by atoms with Crippen LogP contribution in [-0.4, -0.2) is 142 Å². The van der Waals surface area contributed by atoms with E-state index in [1.54, 1.807) is 74.5 Å². The van der Waals surface area contributed by atoms with Crippen molar-refractivity contribution in [2.24, 2.45) is 11.7 Å². The number of hydrogen-bond donors (Lipinski definition) is 12. The number of hydrogen-bond acceptors (Lipinski definition) is 12. The Morgan fingerprint density at radius 2 is 1.24 bits per heavy atom. The number of carboxylic acids is 1. The number of carboxylic acid groups (broad SMARTS) is 1. The third-order valence-corrected chi connectivity index (χ3v) is 11.4. The number of aliphatic hydroxyl groups is 1. The molecule has 0 bridgehead atoms. The van der Waals surface area contributed by atoms with E-state index in [9.17, 15) is 58.2 Å². The summed E-state index contributed by atoms with van der Waals surface area (Å²) in [5.74, 6) is -8.71. The fourth-order valence-electron chi connectivity index (χ4n) is 7.62. The molecular formula is C45H63N11O12. The predicted octanol–water partition coefficient (Wildman–Crippen LogP) is -2.65. The van der Waals surface area contributed by atoms with Gasteiger partial charge in [-0.3, -0.25) is 48.6 Å². The summed E-state index contributed by atoms with van der Waals surface area (Å²) in [6, 6.07) is 6.78. The summed E-state index contributed by atoms with van der Waals surface area (Å²) in [5.41, 5.74) is 11.4. The Kier molecular flexibility index (Phi) is 20.2. The van der Waals surface area contributed by atoms with Gasteiger partial charge in [0.1, 0.15) is 42.3 Å². The maximum absolute atomic E-state index is 13.9. The van der Waals surface area contributed by atoms with Crippen molar-refractivity contribution in [2.45, 2.75) is 127 Å². The van der Waals surface area contributed by atoms with E-state index < -0.39 is 126 Å². The summed E-state index contributed by atoms with van der Waals surface area (Å²) < 4.78 is 0. The normalized spacial score (nSPS) is 18.5. The van der Waals surface area contributed by atoms with Crippen molar-refractivity contribution in [1.29, 1.82) is 0 Å². The molecule has 9 atom stereocenters. The number of hydrazine groups is 1. The monoisotopic (exact) mass is 949 g/mol. The molecule has 23 heteroatoms. The molecule has 2 aromatic rings. The molecular weight excluding hydrogens is 887 g/mol. The molecule has 2 aliphatic heterocycles. The minimum absolute atomic E-state index is 0.00516. The summed E-state index contributed by atoms with van der Waals surface area (Å²) >= 11 is 0. The van der Waals surface area contributed by atoms with Crippen LogP contribution in [0.4, 0.5) is 4.79 Å². The molecule has 2 aliphatic rings. The lowest BCUT2D eigenvalue weighted by Gasteiger charge is -2.28. The Morgan fingerprint density at radius 3 is 1.78 bits per heavy atom. The maximum atomic E-state index is 13.9. The lowest BCUT2D eigenvalue weighted by molar-refractivity contribution is -0.142. The van der Waals surface area contributed by atoms with Crippen LogP contribution < -0.4 is 53.8 Å². The molecule has 23 nitrogen and oxygen atoms in total. The fourth-order valence-corrected chi connectivity index (χ4v) is 7.62. The Labute approximate surface area is 393 Å². The van der Waals surface area contributed by atoms with Crippen molar-refractivity contribution in [3.05, 3.63) is 71.8 Å². The summed E-state index contributed by atoms with van der Waals surface area (Å²) in [6.07, 6.45) is -0.493. The SMILES string of the molecule is CC(C)[C@H](NC(=O)[C@H](CC(=O)O)NC(=O)[C@@H](NC(=O)[C@@H]1CCCN1)[C@@H](C)O)C(=O)NNC(=O)N1CCC[C@H]1C(=O)N[C@@H](Cc1ccccc1)C(=O)N[C@@H](C)C(=O)N[C@@H](Cc1ccccc1)C(N)=O. The van der Waals surface area contributed by atoms with E-state index >= 15 is 0 Å². The van der Waals surface area contributed by atoms with Crippen LogP contribution in [0, 0.1) is 5.92 Å². The first-order valence-corrected chi connectivity index (χ1v) is 22.4. The van der Waals surface area contributed by atoms with Crippen molar-refractivity contribution >= 4 is 59.3 Å². The quantitative estimate of drug-likeness (QED) is 0.0538. The summed E-state index contributed by atoms with van der Waals surface area (Å²) in [5, 5.41) is 37.7. The van der Waals surface area contributed by atoms with Gasteiger partial charge in [-0.05, 0) is 63.1 Å². The second-order valence-corrected chi connectivity index (χ2v) is 17.2. The lowest BCUT2D eigenvalue weighted by atomic mass is 10.0. The second kappa shape index (κ2) is 25.7. The number of likely N-dealkylation sites (tertiary alicyclic amines) is 1. The molecule has 13 N–H and O–H groups in total. The first kappa shape index (κ1) is 53.5. The molecule has 2 aromatic carbocycles. The zero-order valence-electron chi connectivity index (χ0n) is 38.4. The van der Waals surface area contributed by atoms with Gasteiger partial charge in [-0.15, -0.1) is 0 Å². The predicted molar refractivity (Wildman–Crippen MR) is 243 cm³/mol. The Morgan fingerprint density at radius 1 is 0.647 bits per heavy atom. The third kappa shape index (κ3) is 16.0. The number of nitrogens with one attached hydrogen (secondary N) is 9. The zero-order valence-corrected chi connectivity index (χ0v) is 38.4. The first-order chi connectivity index (χ1) is 32.2. The highest BCUT2D eigenvalue weighted by Gasteiger charge is 2.38. The fraction of sp³-hybridized carbons (Fsp3) is 0.511. The molecule has 0 radical (unpaired) electrons. The van der Waals surface area contributed by atoms with Crippen molar-refractivity contribution in [1.82, 2.24) is 53.0 Å². The summed E-state index contributed by atoms with van der Waals surface area (Å²) in [4.78, 5) is 132. The molecule has 0 saturated carbocycles. The highest BCUT2D eigenvalue weighted by Crippen LogP contribution is 2.18. The van der Waals surface area contributed by atoms with Gasteiger partial charge in [-0.1, -0.05) is 74.5 Å². The van der Waals surface area contributed by atoms with Crippen LogP contribution in [0.2, 0.25) is 0 Å². The van der Waals surface area contributed by atoms with Crippen molar-refractivity contribution in [2.75, 3.05) is 13.1 Å². The number of amides is 10. The average Bonchev–Trinajstić information content (AvgIpc) is 4.03. The lowest BCUT2D eigenvalue weighted by Crippen LogP contribution is -2.62. The molecule has 2 saturated heterocycles. The number of carbonyl (C=O) groups excluding carboxylic acids is 9. The van der Waals surface area contributed by atoms with E-state index in [-0.39, 0.29) is 25.8 Å². The zero-order chi connectivity index (χ0) is 50.1. The number of urea groups is 1. The summed E-state index contributed by atoms with van der Waals surface area (Å²) in [6.45, 7) is 6.38. The molecule has 2 heterocycles. The molecule has 2 fully saturated rings. The smallest absolute Gasteiger partial charge is 0.336 e. The van der Waals surface area contributed by atoms with Crippen molar-refractivity contribution in [3.8, 4) is 0 Å². The highest BCUT2D eigenvalue weighted by molar-refractivity contribution is 5.98. The van der Waals surface area contributed by atoms with Gasteiger partial charge in [-0.2, -0.15) is 0 Å². The molecule has 0 unspecified atom stereocenters. The highest BCUT2D eigenvalue weighted by atomic mass is 16.4. The molecule has 68 heavy (non-hydrogen) atoms. The Hall–Kier alpha value is -7.14. The standard InChI is InChI=1S/C45H63N11O12/c1-24(2)35(52-41(64)32(23-34(58)59)51-43(66)36(26(4)57)53-39(62)29-17-11-19-47-29)44(67)54-55-45(68)56-20-12-18-33(56)42(65)50-31(22-28-15-9-6-10-16-28)40(63)48-25(3)38(61)49-30(37(46)60)21-27-13-7-5-8-14-27/h5-10,13-16,24-26,29-33,35-36,47,57H,11-12,17-23H2,1-4H3,(H2,46,60)(H,48,63)(H,49,61)(H,50,65)(H,51,66)(H,52,64)(H,53,62)(H,54,67)(H,55,68)(H,58,59)/t25-,26+,29-,30-,31-,32-,33-,35-,36-/m0/s1. The first-order valence-electron chi connectivity index (χ1n) is 22.4. The van der Waals surface area contributed by atoms with Crippen LogP contribution in [0.25, 0.3) is 0 Å². The minimum Gasteiger partial charge on any atom is -0.481 e. The van der Waals surface area contributed by atoms with E-state index in [2.05, 4.69) is 48.1 Å². The van der Waals surface area contributed by atoms with Gasteiger partial charge in [0.05, 0.1) is 18.6 Å². The van der Waals surface area contributed by atoms with E-state index in [4.69, 9.17) is 5.73 Å². The van der Waals surface area contributed by atoms with Crippen LogP contribution in [0.1, 0.15) is 70.9 Å². The van der Waals surface area contributed by atoms with Crippen LogP contribution in [-0.2, 0) is 56.0 Å². The van der Waals surface area contributed by atoms with Gasteiger partial charge < -0.3 is 58.1 Å². The van der Waals surface area contributed by atoms with Crippen molar-refractivity contribution in [3.63, 3.8) is 0 Å². The average molecular weight is 950 g/mol. The number of nitrogens with two attached hydrogens (primary N) is 1. The van der Waals surface area contributed by atoms with Crippen LogP contribution in [0.15, 0.2) is 60.7 Å². The number of carbonyl (C=O) groups is 10. The molecule has 0 aliphatic carbocycles. The largest absolute Gasteiger partial charge is 0.481 e. The second-order valence-electron chi connectivity index (χ2n) is 17.2. The number of benzene rings is 2. The van der Waals surface area contributed by atoms with Gasteiger partial charge in [0.2, 0.25) is 41.4 Å². The number of aliphatic carboxylic acids is 1. The number of rotatable bonds is 22. The third-order valence-electron chi connectivity index (χ3n) is 11.4. The van der Waals surface area contributed by atoms with Crippen molar-refractivity contribution < 1.29 is 58.2 Å². The van der Waals surface area contributed by atoms with Gasteiger partial charge in [0.15, 0.2) is 0 Å². The maximum Gasteiger partial charge on any atom is 0.336 e. The number of aliphatic hydroxyl groups excluding tert-OH is 1. The van der Waals surface area contributed by atoms with Gasteiger partial charge in [0, 0.05) is 19.4 Å². The number of primary amides is 1. The van der Waals surface area contributed by atoms with Gasteiger partial charge in [-0.25, -0.2) is 10.2 Å².